The maximum absolute atomic E-state index is 15.8. The van der Waals surface area contributed by atoms with Crippen molar-refractivity contribution in [2.24, 2.45) is 23.7 Å². The van der Waals surface area contributed by atoms with Gasteiger partial charge in [-0.1, -0.05) is 27.7 Å². The highest BCUT2D eigenvalue weighted by molar-refractivity contribution is 7.65. The molecular weight excluding hydrogens is 1510 g/mol. The summed E-state index contributed by atoms with van der Waals surface area (Å²) in [6.07, 6.45) is -4.37. The van der Waals surface area contributed by atoms with Gasteiger partial charge < -0.3 is 89.9 Å². The zero-order valence-corrected chi connectivity index (χ0v) is 70.4. The molecule has 0 aromatic carbocycles. The number of fused-ring (bicyclic) bond motifs is 1. The first-order valence-corrected chi connectivity index (χ1v) is 45.6. The number of aromatic nitrogens is 6. The largest absolute Gasteiger partial charge is 0.393 e. The molecule has 0 spiro atoms. The van der Waals surface area contributed by atoms with E-state index in [4.69, 9.17) is 67.7 Å². The van der Waals surface area contributed by atoms with Gasteiger partial charge in [-0.05, 0) is 127 Å². The Morgan fingerprint density at radius 2 is 1.05 bits per heavy atom. The SMILES string of the molecule is CC[C@@H](O)[C@H]1C[C@@H]2OC(C)(C)O[C@@H]2[C@@H]1C.COCCO[C@@H]1[C@H](C)[C@@H](/C(F)=C/P(C)(C)=O)O[C@H]1n1cc(C)c(=O)[nH]c1=O.COCCO[C@@H]1[C@H](C)[C@@H]([C@H](O)CP(C)(C)=O)O[C@H]1n1cc(C)c(=O)[nH]c1=O.[C-]#[N+]CCOP(O[C@H]1[C@@H](OCCOC)[C@H](n2cc(C)c(=O)[nH]c2=O)O[C@@H]1/C(F)=C/P(C)(C)=O)N(C(C)C)C(C)C. The maximum Gasteiger partial charge on any atom is 0.330 e. The Labute approximate surface area is 637 Å². The van der Waals surface area contributed by atoms with Gasteiger partial charge in [0.15, 0.2) is 24.5 Å². The summed E-state index contributed by atoms with van der Waals surface area (Å²) in [4.78, 5) is 82.8. The summed E-state index contributed by atoms with van der Waals surface area (Å²) in [6.45, 7) is 41.9. The molecule has 5 aliphatic rings. The van der Waals surface area contributed by atoms with Crippen molar-refractivity contribution in [1.82, 2.24) is 33.3 Å². The summed E-state index contributed by atoms with van der Waals surface area (Å²) in [6, 6.07) is -0.0836. The number of nitrogens with one attached hydrogen (secondary N) is 3. The molecule has 620 valence electrons. The normalized spacial score (nSPS) is 27.9. The topological polar surface area (TPSA) is 384 Å². The fourth-order valence-corrected chi connectivity index (χ4v) is 17.8. The minimum atomic E-state index is -2.99. The van der Waals surface area contributed by atoms with Crippen LogP contribution in [0.2, 0.25) is 0 Å². The van der Waals surface area contributed by atoms with E-state index in [1.807, 2.05) is 60.1 Å². The number of nitrogens with zero attached hydrogens (tertiary/aromatic N) is 5. The fraction of sp³-hybridized carbons (Fsp3) is 0.761. The molecule has 109 heavy (non-hydrogen) atoms. The lowest BCUT2D eigenvalue weighted by molar-refractivity contribution is -0.163. The van der Waals surface area contributed by atoms with Crippen molar-refractivity contribution in [2.45, 2.75) is 207 Å². The van der Waals surface area contributed by atoms with E-state index in [1.54, 1.807) is 41.2 Å². The molecule has 32 nitrogen and oxygen atoms in total. The number of hydrogen-bond acceptors (Lipinski definition) is 25. The maximum atomic E-state index is 15.8. The number of H-pyrrole nitrogens is 3. The van der Waals surface area contributed by atoms with Crippen LogP contribution < -0.4 is 33.7 Å². The van der Waals surface area contributed by atoms with E-state index in [2.05, 4.69) is 26.7 Å². The van der Waals surface area contributed by atoms with Crippen LogP contribution in [0.4, 0.5) is 8.78 Å². The number of aliphatic hydroxyl groups is 2. The molecule has 1 saturated carbocycles. The van der Waals surface area contributed by atoms with Crippen molar-refractivity contribution in [1.29, 1.82) is 0 Å². The zero-order chi connectivity index (χ0) is 82.1. The van der Waals surface area contributed by atoms with Gasteiger partial charge in [-0.15, -0.1) is 0 Å². The average molecular weight is 1630 g/mol. The lowest BCUT2D eigenvalue weighted by Gasteiger charge is -2.38. The minimum Gasteiger partial charge on any atom is -0.393 e. The Hall–Kier alpha value is -4.65. The molecule has 7 heterocycles. The highest BCUT2D eigenvalue weighted by Crippen LogP contribution is 2.53. The number of methoxy groups -OCH3 is 3. The third-order valence-electron chi connectivity index (χ3n) is 18.5. The van der Waals surface area contributed by atoms with Crippen LogP contribution in [0, 0.1) is 51.0 Å². The van der Waals surface area contributed by atoms with E-state index in [0.29, 0.717) is 36.2 Å². The number of aliphatic hydroxyl groups excluding tert-OH is 2. The van der Waals surface area contributed by atoms with E-state index in [1.165, 1.54) is 75.5 Å². The molecule has 3 aromatic rings. The molecule has 5 N–H and O–H groups in total. The second-order valence-electron chi connectivity index (χ2n) is 30.2. The van der Waals surface area contributed by atoms with Gasteiger partial charge >= 0.3 is 17.1 Å². The number of aryl methyl sites for hydroxylation is 3. The fourth-order valence-electron chi connectivity index (χ4n) is 13.5. The minimum absolute atomic E-state index is 0.0418. The molecule has 5 fully saturated rings. The number of ether oxygens (including phenoxy) is 11. The van der Waals surface area contributed by atoms with Crippen molar-refractivity contribution < 1.29 is 93.8 Å². The van der Waals surface area contributed by atoms with Crippen LogP contribution in [0.15, 0.2) is 70.6 Å². The zero-order valence-electron chi connectivity index (χ0n) is 66.9. The second kappa shape index (κ2) is 42.1. The molecule has 1 aliphatic carbocycles. The highest BCUT2D eigenvalue weighted by atomic mass is 31.2. The lowest BCUT2D eigenvalue weighted by Crippen LogP contribution is -2.42. The van der Waals surface area contributed by atoms with Gasteiger partial charge in [0.1, 0.15) is 69.2 Å². The smallest absolute Gasteiger partial charge is 0.330 e. The van der Waals surface area contributed by atoms with E-state index in [9.17, 15) is 57.1 Å². The van der Waals surface area contributed by atoms with Crippen molar-refractivity contribution in [3.05, 3.63) is 133 Å². The van der Waals surface area contributed by atoms with Gasteiger partial charge in [-0.3, -0.25) is 43.0 Å². The summed E-state index contributed by atoms with van der Waals surface area (Å²) >= 11 is 0. The number of aromatic amines is 3. The Morgan fingerprint density at radius 3 is 1.45 bits per heavy atom. The van der Waals surface area contributed by atoms with Gasteiger partial charge in [0, 0.05) is 98.3 Å². The average Bonchev–Trinajstić information content (AvgIpc) is 1.65. The van der Waals surface area contributed by atoms with Crippen LogP contribution in [-0.4, -0.2) is 249 Å². The first-order chi connectivity index (χ1) is 50.7. The molecule has 4 aliphatic heterocycles. The summed E-state index contributed by atoms with van der Waals surface area (Å²) in [5, 5.41) is 20.5. The van der Waals surface area contributed by atoms with E-state index >= 15 is 4.39 Å². The molecule has 8 rings (SSSR count). The van der Waals surface area contributed by atoms with Crippen LogP contribution in [0.25, 0.3) is 4.85 Å². The molecule has 0 radical (unpaired) electrons. The molecule has 4 saturated heterocycles. The first-order valence-electron chi connectivity index (χ1n) is 36.3. The Kier molecular flexibility index (Phi) is 36.7. The molecule has 3 aromatic heterocycles. The van der Waals surface area contributed by atoms with E-state index in [-0.39, 0.29) is 87.6 Å². The Balaban J connectivity index is 0.000000273. The van der Waals surface area contributed by atoms with Crippen molar-refractivity contribution in [2.75, 3.05) is 120 Å². The summed E-state index contributed by atoms with van der Waals surface area (Å²) in [7, 11) is -5.51. The molecule has 0 bridgehead atoms. The second-order valence-corrected chi connectivity index (χ2v) is 41.4. The van der Waals surface area contributed by atoms with Gasteiger partial charge in [0.2, 0.25) is 6.54 Å². The van der Waals surface area contributed by atoms with Gasteiger partial charge in [-0.2, -0.15) is 0 Å². The van der Waals surface area contributed by atoms with Gasteiger partial charge in [0.25, 0.3) is 25.2 Å². The molecular formula is C71H118F2N8O24P4. The predicted molar refractivity (Wildman–Crippen MR) is 409 cm³/mol. The van der Waals surface area contributed by atoms with Gasteiger partial charge in [0.05, 0.1) is 77.3 Å². The van der Waals surface area contributed by atoms with Crippen LogP contribution in [0.1, 0.15) is 117 Å². The van der Waals surface area contributed by atoms with Gasteiger partial charge in [-0.25, -0.2) is 34.4 Å². The molecule has 0 amide bonds. The summed E-state index contributed by atoms with van der Waals surface area (Å²) in [5.41, 5.74) is -2.69. The first kappa shape index (κ1) is 94.9. The van der Waals surface area contributed by atoms with Crippen molar-refractivity contribution in [3.63, 3.8) is 0 Å². The third kappa shape index (κ3) is 27.0. The van der Waals surface area contributed by atoms with Crippen molar-refractivity contribution >= 4 is 30.0 Å². The summed E-state index contributed by atoms with van der Waals surface area (Å²) in [5.74, 6) is 0.137. The number of halogens is 2. The quantitative estimate of drug-likeness (QED) is 0.0224. The van der Waals surface area contributed by atoms with Crippen LogP contribution in [0.5, 0.6) is 0 Å². The van der Waals surface area contributed by atoms with Crippen LogP contribution in [-0.2, 0) is 74.8 Å². The van der Waals surface area contributed by atoms with E-state index < -0.39 is 155 Å². The Bertz CT molecular complexity index is 4060. The van der Waals surface area contributed by atoms with Crippen LogP contribution >= 0.6 is 30.0 Å². The third-order valence-corrected chi connectivity index (χ3v) is 23.7. The standard InChI is InChI=1S/C25H41FN4O8P2.C17H26FN2O6P.C17H29N2O7P.C12H22O3/c1-16(2)30(17(3)4)39(36-11-10-27-6)38-21-20(19(26)15-40(8,9)33)37-24(22(21)35-13-12-34-7)29-14-18(5)23(31)28-25(29)32;1-10-8-20(17(22)19-15(10)21)16-14(25-7-6-24-3)11(2)13(26-16)12(18)9-27(4,5)23;1-10-8-19(17(22)18-15(10)21)16-14(25-7-6-24-3)11(2)13(26-16)12(20)9-27(4,5)23;1-5-9(13)8-6-10-11(7(8)2)15-12(3,4)14-10/h14-17,20-22,24H,10-13H2,1-5,7-9H3,(H,28,31,32);8-9,11,13-14,16H,6-7H2,1-5H3,(H,19,21,22);8,11-14,16,20H,6-7,9H2,1-5H3,(H,18,21,22);7-11,13H,5-6H2,1-4H3/b19-15-;12-9-;;/t20-,21-,22-,24-,39?;11-,13+,14-,16-;11-,12-,13+,14-,16-;7-,8+,9-,10+,11-/m1111/s1. The van der Waals surface area contributed by atoms with E-state index in [0.717, 1.165) is 29.0 Å². The number of hydrogen-bond donors (Lipinski definition) is 5. The predicted octanol–water partition coefficient (Wildman–Crippen LogP) is 8.05. The molecule has 38 heteroatoms. The summed E-state index contributed by atoms with van der Waals surface area (Å²) < 4.78 is 148. The Morgan fingerprint density at radius 1 is 0.633 bits per heavy atom. The lowest BCUT2D eigenvalue weighted by atomic mass is 9.90. The number of rotatable bonds is 32. The van der Waals surface area contributed by atoms with Crippen LogP contribution in [0.3, 0.4) is 0 Å². The molecule has 1 unspecified atom stereocenters. The molecule has 19 atom stereocenters. The highest BCUT2D eigenvalue weighted by Gasteiger charge is 2.55. The monoisotopic (exact) mass is 1630 g/mol. The van der Waals surface area contributed by atoms with Crippen molar-refractivity contribution in [3.8, 4) is 0 Å².